The number of aryl methyl sites for hydroxylation is 1. The SMILES string of the molecule is Cc1c(C)n(Cc2ccc(C(C)(C)C)cc2)c2c(OCCC(C)C)nccc12.Cl. The molecule has 0 saturated carbocycles. The Hall–Kier alpha value is -2.00. The van der Waals surface area contributed by atoms with Gasteiger partial charge in [-0.15, -0.1) is 12.4 Å². The van der Waals surface area contributed by atoms with Crippen LogP contribution in [0.15, 0.2) is 36.5 Å². The molecule has 3 aromatic rings. The second-order valence-electron chi connectivity index (χ2n) is 9.29. The van der Waals surface area contributed by atoms with E-state index < -0.39 is 0 Å². The van der Waals surface area contributed by atoms with Crippen LogP contribution in [0.5, 0.6) is 5.88 Å². The van der Waals surface area contributed by atoms with Gasteiger partial charge in [0.2, 0.25) is 5.88 Å². The highest BCUT2D eigenvalue weighted by Gasteiger charge is 2.17. The van der Waals surface area contributed by atoms with Gasteiger partial charge in [0, 0.05) is 23.8 Å². The van der Waals surface area contributed by atoms with Gasteiger partial charge in [0.1, 0.15) is 5.52 Å². The number of hydrogen-bond donors (Lipinski definition) is 0. The first-order valence-corrected chi connectivity index (χ1v) is 10.3. The number of nitrogens with zero attached hydrogens (tertiary/aromatic N) is 2. The Morgan fingerprint density at radius 3 is 2.28 bits per heavy atom. The van der Waals surface area contributed by atoms with Gasteiger partial charge in [0.05, 0.1) is 6.61 Å². The molecule has 3 rings (SSSR count). The number of ether oxygens (including phenoxy) is 1. The molecule has 1 aromatic carbocycles. The molecular formula is C25H35ClN2O. The molecule has 29 heavy (non-hydrogen) atoms. The summed E-state index contributed by atoms with van der Waals surface area (Å²) in [6, 6.07) is 11.1. The van der Waals surface area contributed by atoms with E-state index in [0.717, 1.165) is 24.4 Å². The molecule has 2 aromatic heterocycles. The van der Waals surface area contributed by atoms with Crippen LogP contribution in [0.4, 0.5) is 0 Å². The van der Waals surface area contributed by atoms with Crippen LogP contribution in [0.2, 0.25) is 0 Å². The lowest BCUT2D eigenvalue weighted by molar-refractivity contribution is 0.281. The lowest BCUT2D eigenvalue weighted by Gasteiger charge is -2.19. The summed E-state index contributed by atoms with van der Waals surface area (Å²) in [5.74, 6) is 1.37. The minimum Gasteiger partial charge on any atom is -0.476 e. The van der Waals surface area contributed by atoms with E-state index in [-0.39, 0.29) is 17.8 Å². The highest BCUT2D eigenvalue weighted by atomic mass is 35.5. The average molecular weight is 415 g/mol. The molecule has 4 heteroatoms. The lowest BCUT2D eigenvalue weighted by Crippen LogP contribution is -2.11. The number of aromatic nitrogens is 2. The Bertz CT molecular complexity index is 950. The van der Waals surface area contributed by atoms with Gasteiger partial charge < -0.3 is 9.30 Å². The van der Waals surface area contributed by atoms with Crippen molar-refractivity contribution >= 4 is 23.3 Å². The fraction of sp³-hybridized carbons (Fsp3) is 0.480. The summed E-state index contributed by atoms with van der Waals surface area (Å²) in [5, 5.41) is 1.23. The van der Waals surface area contributed by atoms with Crippen molar-refractivity contribution in [1.29, 1.82) is 0 Å². The number of benzene rings is 1. The molecule has 0 aliphatic carbocycles. The molecule has 2 heterocycles. The van der Waals surface area contributed by atoms with Crippen LogP contribution in [0.1, 0.15) is 63.4 Å². The third-order valence-electron chi connectivity index (χ3n) is 5.61. The summed E-state index contributed by atoms with van der Waals surface area (Å²) < 4.78 is 8.46. The zero-order valence-electron chi connectivity index (χ0n) is 18.9. The summed E-state index contributed by atoms with van der Waals surface area (Å²) in [4.78, 5) is 4.56. The third-order valence-corrected chi connectivity index (χ3v) is 5.61. The number of pyridine rings is 1. The van der Waals surface area contributed by atoms with E-state index in [9.17, 15) is 0 Å². The van der Waals surface area contributed by atoms with Crippen LogP contribution >= 0.6 is 12.4 Å². The molecule has 0 N–H and O–H groups in total. The van der Waals surface area contributed by atoms with Gasteiger partial charge >= 0.3 is 0 Å². The maximum atomic E-state index is 6.11. The first-order chi connectivity index (χ1) is 13.2. The maximum absolute atomic E-state index is 6.11. The first kappa shape index (κ1) is 23.3. The average Bonchev–Trinajstić information content (AvgIpc) is 2.87. The second kappa shape index (κ2) is 9.21. The Morgan fingerprint density at radius 2 is 1.69 bits per heavy atom. The Morgan fingerprint density at radius 1 is 1.03 bits per heavy atom. The van der Waals surface area contributed by atoms with Crippen molar-refractivity contribution < 1.29 is 4.74 Å². The standard InChI is InChI=1S/C25H34N2O.ClH/c1-17(2)13-15-28-24-23-22(12-14-26-24)18(3)19(4)27(23)16-20-8-10-21(11-9-20)25(5,6)7;/h8-12,14,17H,13,15-16H2,1-7H3;1H. The van der Waals surface area contributed by atoms with Gasteiger partial charge in [0.15, 0.2) is 0 Å². The molecule has 0 bridgehead atoms. The smallest absolute Gasteiger partial charge is 0.238 e. The lowest BCUT2D eigenvalue weighted by atomic mass is 9.87. The normalized spacial score (nSPS) is 11.7. The molecule has 0 aliphatic heterocycles. The summed E-state index contributed by atoms with van der Waals surface area (Å²) >= 11 is 0. The minimum atomic E-state index is 0. The predicted octanol–water partition coefficient (Wildman–Crippen LogP) is 6.85. The van der Waals surface area contributed by atoms with Gasteiger partial charge in [0.25, 0.3) is 0 Å². The van der Waals surface area contributed by atoms with E-state index in [1.807, 2.05) is 6.20 Å². The molecule has 0 unspecified atom stereocenters. The molecule has 0 saturated heterocycles. The molecular weight excluding hydrogens is 380 g/mol. The van der Waals surface area contributed by atoms with Crippen molar-refractivity contribution in [3.05, 3.63) is 58.9 Å². The van der Waals surface area contributed by atoms with Crippen LogP contribution < -0.4 is 4.74 Å². The van der Waals surface area contributed by atoms with Crippen LogP contribution in [0, 0.1) is 19.8 Å². The molecule has 0 atom stereocenters. The second-order valence-corrected chi connectivity index (χ2v) is 9.29. The Balaban J connectivity index is 0.00000300. The van der Waals surface area contributed by atoms with Gasteiger partial charge in [-0.05, 0) is 54.4 Å². The topological polar surface area (TPSA) is 27.1 Å². The zero-order chi connectivity index (χ0) is 20.5. The van der Waals surface area contributed by atoms with E-state index in [1.165, 1.54) is 27.8 Å². The minimum absolute atomic E-state index is 0. The van der Waals surface area contributed by atoms with Crippen molar-refractivity contribution in [2.45, 2.75) is 66.8 Å². The van der Waals surface area contributed by atoms with Gasteiger partial charge in [-0.25, -0.2) is 4.98 Å². The summed E-state index contributed by atoms with van der Waals surface area (Å²) in [5.41, 5.74) is 6.52. The van der Waals surface area contributed by atoms with Crippen molar-refractivity contribution in [3.8, 4) is 5.88 Å². The fourth-order valence-electron chi connectivity index (χ4n) is 3.55. The summed E-state index contributed by atoms with van der Waals surface area (Å²) in [7, 11) is 0. The van der Waals surface area contributed by atoms with E-state index >= 15 is 0 Å². The fourth-order valence-corrected chi connectivity index (χ4v) is 3.55. The molecule has 0 fully saturated rings. The first-order valence-electron chi connectivity index (χ1n) is 10.3. The van der Waals surface area contributed by atoms with Gasteiger partial charge in [-0.3, -0.25) is 0 Å². The van der Waals surface area contributed by atoms with E-state index in [1.54, 1.807) is 0 Å². The number of fused-ring (bicyclic) bond motifs is 1. The van der Waals surface area contributed by atoms with E-state index in [4.69, 9.17) is 4.74 Å². The Labute approximate surface area is 181 Å². The van der Waals surface area contributed by atoms with Gasteiger partial charge in [-0.1, -0.05) is 58.9 Å². The quantitative estimate of drug-likeness (QED) is 0.441. The third kappa shape index (κ3) is 5.14. The van der Waals surface area contributed by atoms with Crippen molar-refractivity contribution in [3.63, 3.8) is 0 Å². The zero-order valence-corrected chi connectivity index (χ0v) is 19.7. The van der Waals surface area contributed by atoms with Crippen LogP contribution in [0.25, 0.3) is 10.9 Å². The molecule has 0 radical (unpaired) electrons. The number of rotatable bonds is 6. The molecule has 0 spiro atoms. The van der Waals surface area contributed by atoms with Crippen LogP contribution in [-0.2, 0) is 12.0 Å². The number of halogens is 1. The number of hydrogen-bond acceptors (Lipinski definition) is 2. The van der Waals surface area contributed by atoms with Crippen LogP contribution in [-0.4, -0.2) is 16.2 Å². The van der Waals surface area contributed by atoms with Gasteiger partial charge in [-0.2, -0.15) is 0 Å². The molecule has 158 valence electrons. The highest BCUT2D eigenvalue weighted by molar-refractivity contribution is 5.89. The van der Waals surface area contributed by atoms with E-state index in [2.05, 4.69) is 88.3 Å². The molecule has 0 amide bonds. The van der Waals surface area contributed by atoms with Crippen molar-refractivity contribution in [1.82, 2.24) is 9.55 Å². The maximum Gasteiger partial charge on any atom is 0.238 e. The summed E-state index contributed by atoms with van der Waals surface area (Å²) in [6.07, 6.45) is 2.90. The van der Waals surface area contributed by atoms with Crippen molar-refractivity contribution in [2.75, 3.05) is 6.61 Å². The monoisotopic (exact) mass is 414 g/mol. The molecule has 0 aliphatic rings. The predicted molar refractivity (Wildman–Crippen MR) is 126 cm³/mol. The molecule has 3 nitrogen and oxygen atoms in total. The van der Waals surface area contributed by atoms with Crippen molar-refractivity contribution in [2.24, 2.45) is 5.92 Å². The van der Waals surface area contributed by atoms with E-state index in [0.29, 0.717) is 12.5 Å². The largest absolute Gasteiger partial charge is 0.476 e. The van der Waals surface area contributed by atoms with Crippen LogP contribution in [0.3, 0.4) is 0 Å². The Kier molecular flexibility index (Phi) is 7.40. The highest BCUT2D eigenvalue weighted by Crippen LogP contribution is 2.32. The summed E-state index contributed by atoms with van der Waals surface area (Å²) in [6.45, 7) is 17.1.